The zero-order chi connectivity index (χ0) is 15.8. The van der Waals surface area contributed by atoms with Crippen LogP contribution in [0.5, 0.6) is 23.0 Å². The minimum absolute atomic E-state index is 0.190. The second kappa shape index (κ2) is 8.26. The molecule has 0 bridgehead atoms. The molecule has 2 aromatic carbocycles. The fraction of sp³-hybridized carbons (Fsp3) is 0.294. The van der Waals surface area contributed by atoms with Crippen LogP contribution in [0.1, 0.15) is 0 Å². The maximum absolute atomic E-state index is 8.08. The highest BCUT2D eigenvalue weighted by Gasteiger charge is 2.19. The molecule has 0 aromatic heterocycles. The summed E-state index contributed by atoms with van der Waals surface area (Å²) in [6.45, 7) is 0.955. The van der Waals surface area contributed by atoms with E-state index >= 15 is 0 Å². The Labute approximate surface area is 130 Å². The highest BCUT2D eigenvalue weighted by Crippen LogP contribution is 2.25. The Hall–Kier alpha value is -2.24. The second-order valence-corrected chi connectivity index (χ2v) is 4.59. The molecule has 1 aliphatic heterocycles. The minimum atomic E-state index is 0.190. The lowest BCUT2D eigenvalue weighted by atomic mass is 10.3. The topological polar surface area (TPSA) is 60.5 Å². The van der Waals surface area contributed by atoms with Gasteiger partial charge in [0.2, 0.25) is 0 Å². The summed E-state index contributed by atoms with van der Waals surface area (Å²) >= 11 is 0. The summed E-state index contributed by atoms with van der Waals surface area (Å²) in [6.07, 6.45) is 0.190. The lowest BCUT2D eigenvalue weighted by Gasteiger charge is -2.07. The van der Waals surface area contributed by atoms with Gasteiger partial charge in [-0.25, -0.2) is 0 Å². The van der Waals surface area contributed by atoms with Gasteiger partial charge < -0.3 is 24.1 Å². The lowest BCUT2D eigenvalue weighted by molar-refractivity contribution is 0.244. The SMILES string of the molecule is COc1ccc(Oc2ccc(OC)cc2)cc1.OCC1CO1. The summed E-state index contributed by atoms with van der Waals surface area (Å²) in [7, 11) is 3.28. The van der Waals surface area contributed by atoms with E-state index in [1.54, 1.807) is 14.2 Å². The van der Waals surface area contributed by atoms with Crippen LogP contribution >= 0.6 is 0 Å². The molecule has 1 fully saturated rings. The number of hydrogen-bond donors (Lipinski definition) is 1. The molecule has 2 aromatic rings. The summed E-state index contributed by atoms with van der Waals surface area (Å²) < 4.78 is 20.4. The van der Waals surface area contributed by atoms with Gasteiger partial charge in [0.1, 0.15) is 29.1 Å². The highest BCUT2D eigenvalue weighted by molar-refractivity contribution is 5.37. The molecule has 0 amide bonds. The Morgan fingerprint density at radius 3 is 1.45 bits per heavy atom. The standard InChI is InChI=1S/C14H14O3.C3H6O2/c1-15-11-3-7-13(8-4-11)17-14-9-5-12(16-2)6-10-14;4-1-3-2-5-3/h3-10H,1-2H3;3-4H,1-2H2. The first-order valence-corrected chi connectivity index (χ1v) is 6.93. The Balaban J connectivity index is 0.000000299. The first-order chi connectivity index (χ1) is 10.7. The van der Waals surface area contributed by atoms with E-state index in [4.69, 9.17) is 19.3 Å². The fourth-order valence-corrected chi connectivity index (χ4v) is 1.60. The van der Waals surface area contributed by atoms with E-state index in [1.165, 1.54) is 0 Å². The van der Waals surface area contributed by atoms with E-state index in [2.05, 4.69) is 4.74 Å². The summed E-state index contributed by atoms with van der Waals surface area (Å²) in [5, 5.41) is 8.08. The monoisotopic (exact) mass is 304 g/mol. The quantitative estimate of drug-likeness (QED) is 0.861. The molecule has 1 N–H and O–H groups in total. The van der Waals surface area contributed by atoms with Gasteiger partial charge in [-0.1, -0.05) is 0 Å². The third-order valence-corrected chi connectivity index (χ3v) is 2.96. The van der Waals surface area contributed by atoms with Gasteiger partial charge in [0.15, 0.2) is 0 Å². The van der Waals surface area contributed by atoms with Crippen molar-refractivity contribution in [3.63, 3.8) is 0 Å². The van der Waals surface area contributed by atoms with Crippen LogP contribution in [0.3, 0.4) is 0 Å². The molecular weight excluding hydrogens is 284 g/mol. The van der Waals surface area contributed by atoms with Crippen LogP contribution in [-0.4, -0.2) is 38.6 Å². The maximum atomic E-state index is 8.08. The number of epoxide rings is 1. The van der Waals surface area contributed by atoms with E-state index in [0.717, 1.165) is 29.6 Å². The second-order valence-electron chi connectivity index (χ2n) is 4.59. The van der Waals surface area contributed by atoms with Gasteiger partial charge in [0.25, 0.3) is 0 Å². The smallest absolute Gasteiger partial charge is 0.127 e. The van der Waals surface area contributed by atoms with Crippen molar-refractivity contribution in [1.82, 2.24) is 0 Å². The van der Waals surface area contributed by atoms with Gasteiger partial charge in [-0.3, -0.25) is 0 Å². The van der Waals surface area contributed by atoms with Gasteiger partial charge in [-0.2, -0.15) is 0 Å². The molecule has 3 rings (SSSR count). The molecule has 1 heterocycles. The summed E-state index contributed by atoms with van der Waals surface area (Å²) in [5.74, 6) is 3.17. The zero-order valence-corrected chi connectivity index (χ0v) is 12.7. The number of hydrogen-bond acceptors (Lipinski definition) is 5. The van der Waals surface area contributed by atoms with E-state index in [9.17, 15) is 0 Å². The third-order valence-electron chi connectivity index (χ3n) is 2.96. The normalized spacial score (nSPS) is 15.3. The summed E-state index contributed by atoms with van der Waals surface area (Å²) in [6, 6.07) is 14.9. The largest absolute Gasteiger partial charge is 0.497 e. The zero-order valence-electron chi connectivity index (χ0n) is 12.7. The van der Waals surface area contributed by atoms with Crippen molar-refractivity contribution in [2.45, 2.75) is 6.10 Å². The van der Waals surface area contributed by atoms with Gasteiger partial charge in [-0.05, 0) is 48.5 Å². The molecule has 5 nitrogen and oxygen atoms in total. The average molecular weight is 304 g/mol. The molecule has 0 radical (unpaired) electrons. The molecule has 0 aliphatic carbocycles. The van der Waals surface area contributed by atoms with Crippen molar-refractivity contribution in [2.24, 2.45) is 0 Å². The number of ether oxygens (including phenoxy) is 4. The first-order valence-electron chi connectivity index (χ1n) is 6.93. The van der Waals surface area contributed by atoms with Crippen LogP contribution in [0.2, 0.25) is 0 Å². The van der Waals surface area contributed by atoms with Crippen molar-refractivity contribution in [3.8, 4) is 23.0 Å². The predicted octanol–water partition coefficient (Wildman–Crippen LogP) is 2.87. The number of rotatable bonds is 5. The van der Waals surface area contributed by atoms with Crippen molar-refractivity contribution < 1.29 is 24.1 Å². The number of aliphatic hydroxyl groups is 1. The Bertz CT molecular complexity index is 501. The van der Waals surface area contributed by atoms with Crippen LogP contribution in [0.25, 0.3) is 0 Å². The molecule has 22 heavy (non-hydrogen) atoms. The van der Waals surface area contributed by atoms with Crippen molar-refractivity contribution in [3.05, 3.63) is 48.5 Å². The summed E-state index contributed by atoms with van der Waals surface area (Å²) in [4.78, 5) is 0. The Morgan fingerprint density at radius 2 is 1.23 bits per heavy atom. The van der Waals surface area contributed by atoms with Gasteiger partial charge >= 0.3 is 0 Å². The van der Waals surface area contributed by atoms with Crippen molar-refractivity contribution in [1.29, 1.82) is 0 Å². The molecule has 0 saturated carbocycles. The van der Waals surface area contributed by atoms with Crippen LogP contribution in [0, 0.1) is 0 Å². The van der Waals surface area contributed by atoms with Crippen LogP contribution in [0.15, 0.2) is 48.5 Å². The fourth-order valence-electron chi connectivity index (χ4n) is 1.60. The number of aliphatic hydroxyl groups excluding tert-OH is 1. The molecule has 1 atom stereocenters. The number of methoxy groups -OCH3 is 2. The van der Waals surface area contributed by atoms with Crippen molar-refractivity contribution >= 4 is 0 Å². The number of benzene rings is 2. The van der Waals surface area contributed by atoms with Crippen LogP contribution in [-0.2, 0) is 4.74 Å². The Kier molecular flexibility index (Phi) is 6.06. The van der Waals surface area contributed by atoms with E-state index in [1.807, 2.05) is 48.5 Å². The lowest BCUT2D eigenvalue weighted by Crippen LogP contribution is -1.88. The summed E-state index contributed by atoms with van der Waals surface area (Å²) in [5.41, 5.74) is 0. The molecule has 1 saturated heterocycles. The molecule has 1 unspecified atom stereocenters. The Morgan fingerprint density at radius 1 is 0.864 bits per heavy atom. The van der Waals surface area contributed by atoms with Gasteiger partial charge in [-0.15, -0.1) is 0 Å². The molecule has 118 valence electrons. The predicted molar refractivity (Wildman–Crippen MR) is 82.9 cm³/mol. The van der Waals surface area contributed by atoms with Crippen molar-refractivity contribution in [2.75, 3.05) is 27.4 Å². The van der Waals surface area contributed by atoms with Gasteiger partial charge in [0, 0.05) is 0 Å². The van der Waals surface area contributed by atoms with Crippen LogP contribution in [0.4, 0.5) is 0 Å². The molecule has 0 spiro atoms. The highest BCUT2D eigenvalue weighted by atomic mass is 16.6. The maximum Gasteiger partial charge on any atom is 0.127 e. The van der Waals surface area contributed by atoms with Gasteiger partial charge in [0.05, 0.1) is 27.4 Å². The van der Waals surface area contributed by atoms with E-state index < -0.39 is 0 Å². The minimum Gasteiger partial charge on any atom is -0.497 e. The van der Waals surface area contributed by atoms with E-state index in [-0.39, 0.29) is 12.7 Å². The molecular formula is C17H20O5. The molecule has 5 heteroatoms. The first kappa shape index (κ1) is 16.1. The van der Waals surface area contributed by atoms with E-state index in [0.29, 0.717) is 0 Å². The third kappa shape index (κ3) is 5.27. The van der Waals surface area contributed by atoms with Crippen LogP contribution < -0.4 is 14.2 Å². The average Bonchev–Trinajstić information content (AvgIpc) is 3.41. The molecule has 1 aliphatic rings.